The molecule has 3 unspecified atom stereocenters. The van der Waals surface area contributed by atoms with Crippen LogP contribution in [0.1, 0.15) is 65.7 Å². The zero-order valence-electron chi connectivity index (χ0n) is 13.3. The Morgan fingerprint density at radius 1 is 1.20 bits per heavy atom. The zero-order valence-corrected chi connectivity index (χ0v) is 13.3. The summed E-state index contributed by atoms with van der Waals surface area (Å²) in [5, 5.41) is 3.07. The molecule has 0 heterocycles. The molecule has 0 aromatic heterocycles. The fourth-order valence-corrected chi connectivity index (χ4v) is 6.61. The van der Waals surface area contributed by atoms with E-state index in [-0.39, 0.29) is 17.4 Å². The van der Waals surface area contributed by atoms with Gasteiger partial charge >= 0.3 is 0 Å². The Morgan fingerprint density at radius 2 is 1.80 bits per heavy atom. The molecule has 0 spiro atoms. The highest BCUT2D eigenvalue weighted by atomic mass is 16.1. The first-order valence-electron chi connectivity index (χ1n) is 8.25. The van der Waals surface area contributed by atoms with Crippen LogP contribution in [-0.4, -0.2) is 18.5 Å². The van der Waals surface area contributed by atoms with Crippen LogP contribution in [0.2, 0.25) is 0 Å². The molecule has 4 saturated carbocycles. The fourth-order valence-electron chi connectivity index (χ4n) is 6.61. The second-order valence-electron chi connectivity index (χ2n) is 9.01. The Kier molecular flexibility index (Phi) is 3.20. The standard InChI is InChI=1S/C17H30N2O/c1-12(8-18)19-14(20)7-17-6-13-4-15(2,10-17)9-16(3,5-13)11-17/h12-13H,4-11,18H2,1-3H3,(H,19,20). The van der Waals surface area contributed by atoms with Gasteiger partial charge < -0.3 is 11.1 Å². The summed E-state index contributed by atoms with van der Waals surface area (Å²) in [4.78, 5) is 12.3. The summed E-state index contributed by atoms with van der Waals surface area (Å²) in [6.07, 6.45) is 8.68. The van der Waals surface area contributed by atoms with Crippen LogP contribution in [0.4, 0.5) is 0 Å². The molecule has 4 bridgehead atoms. The van der Waals surface area contributed by atoms with Crippen LogP contribution in [0.25, 0.3) is 0 Å². The highest BCUT2D eigenvalue weighted by molar-refractivity contribution is 5.77. The van der Waals surface area contributed by atoms with Crippen molar-refractivity contribution in [2.45, 2.75) is 71.8 Å². The maximum absolute atomic E-state index is 12.3. The van der Waals surface area contributed by atoms with Gasteiger partial charge in [-0.15, -0.1) is 0 Å². The Balaban J connectivity index is 1.74. The van der Waals surface area contributed by atoms with E-state index in [1.165, 1.54) is 38.5 Å². The molecule has 114 valence electrons. The average molecular weight is 278 g/mol. The molecule has 4 rings (SSSR count). The SMILES string of the molecule is CC(CN)NC(=O)CC12CC3CC(C)(CC(C)(C3)C1)C2. The van der Waals surface area contributed by atoms with Crippen molar-refractivity contribution in [3.63, 3.8) is 0 Å². The number of rotatable bonds is 4. The van der Waals surface area contributed by atoms with Gasteiger partial charge in [-0.3, -0.25) is 4.79 Å². The highest BCUT2D eigenvalue weighted by Gasteiger charge is 2.60. The number of nitrogens with one attached hydrogen (secondary N) is 1. The lowest BCUT2D eigenvalue weighted by Crippen LogP contribution is -2.56. The topological polar surface area (TPSA) is 55.1 Å². The lowest BCUT2D eigenvalue weighted by atomic mass is 9.40. The number of carbonyl (C=O) groups is 1. The summed E-state index contributed by atoms with van der Waals surface area (Å²) in [7, 11) is 0. The van der Waals surface area contributed by atoms with Crippen molar-refractivity contribution in [2.75, 3.05) is 6.54 Å². The number of hydrogen-bond acceptors (Lipinski definition) is 2. The summed E-state index contributed by atoms with van der Waals surface area (Å²) in [5.74, 6) is 1.08. The zero-order chi connectivity index (χ0) is 14.6. The fraction of sp³-hybridized carbons (Fsp3) is 0.941. The number of amides is 1. The predicted molar refractivity (Wildman–Crippen MR) is 81.1 cm³/mol. The van der Waals surface area contributed by atoms with E-state index in [9.17, 15) is 4.79 Å². The predicted octanol–water partition coefficient (Wildman–Crippen LogP) is 2.84. The second-order valence-corrected chi connectivity index (χ2v) is 9.01. The maximum Gasteiger partial charge on any atom is 0.220 e. The smallest absolute Gasteiger partial charge is 0.220 e. The minimum Gasteiger partial charge on any atom is -0.352 e. The van der Waals surface area contributed by atoms with Gasteiger partial charge in [-0.2, -0.15) is 0 Å². The normalized spacial score (nSPS) is 47.3. The maximum atomic E-state index is 12.3. The van der Waals surface area contributed by atoms with Gasteiger partial charge in [-0.25, -0.2) is 0 Å². The van der Waals surface area contributed by atoms with E-state index in [0.717, 1.165) is 12.3 Å². The lowest BCUT2D eigenvalue weighted by molar-refractivity contribution is -0.156. The van der Waals surface area contributed by atoms with Crippen LogP contribution >= 0.6 is 0 Å². The van der Waals surface area contributed by atoms with Crippen molar-refractivity contribution >= 4 is 5.91 Å². The van der Waals surface area contributed by atoms with E-state index in [4.69, 9.17) is 5.73 Å². The number of hydrogen-bond donors (Lipinski definition) is 2. The van der Waals surface area contributed by atoms with Gasteiger partial charge in [0.1, 0.15) is 0 Å². The van der Waals surface area contributed by atoms with E-state index in [0.29, 0.717) is 17.4 Å². The Labute approximate surface area is 123 Å². The summed E-state index contributed by atoms with van der Waals surface area (Å²) in [6, 6.07) is 0.0996. The van der Waals surface area contributed by atoms with Gasteiger partial charge in [0.25, 0.3) is 0 Å². The lowest BCUT2D eigenvalue weighted by Gasteiger charge is -2.65. The van der Waals surface area contributed by atoms with Gasteiger partial charge in [0.05, 0.1) is 0 Å². The van der Waals surface area contributed by atoms with Gasteiger partial charge in [-0.05, 0) is 67.6 Å². The van der Waals surface area contributed by atoms with Crippen molar-refractivity contribution in [1.82, 2.24) is 5.32 Å². The number of nitrogens with two attached hydrogens (primary N) is 1. The van der Waals surface area contributed by atoms with Crippen LogP contribution in [0.15, 0.2) is 0 Å². The molecule has 0 aromatic rings. The molecule has 1 amide bonds. The molecule has 0 aromatic carbocycles. The second kappa shape index (κ2) is 4.46. The molecule has 0 saturated heterocycles. The Morgan fingerprint density at radius 3 is 2.30 bits per heavy atom. The first-order valence-corrected chi connectivity index (χ1v) is 8.25. The van der Waals surface area contributed by atoms with Gasteiger partial charge in [0.2, 0.25) is 5.91 Å². The van der Waals surface area contributed by atoms with E-state index >= 15 is 0 Å². The van der Waals surface area contributed by atoms with Gasteiger partial charge in [0, 0.05) is 19.0 Å². The summed E-state index contributed by atoms with van der Waals surface area (Å²) >= 11 is 0. The van der Waals surface area contributed by atoms with E-state index < -0.39 is 0 Å². The highest BCUT2D eigenvalue weighted by Crippen LogP contribution is 2.70. The van der Waals surface area contributed by atoms with Crippen molar-refractivity contribution in [2.24, 2.45) is 27.9 Å². The third kappa shape index (κ3) is 2.49. The summed E-state index contributed by atoms with van der Waals surface area (Å²) in [5.41, 5.74) is 6.88. The summed E-state index contributed by atoms with van der Waals surface area (Å²) < 4.78 is 0. The molecule has 3 nitrogen and oxygen atoms in total. The molecule has 4 aliphatic carbocycles. The van der Waals surface area contributed by atoms with Crippen molar-refractivity contribution < 1.29 is 4.79 Å². The first kappa shape index (κ1) is 14.4. The monoisotopic (exact) mass is 278 g/mol. The van der Waals surface area contributed by atoms with E-state index in [2.05, 4.69) is 19.2 Å². The van der Waals surface area contributed by atoms with Crippen LogP contribution in [0.5, 0.6) is 0 Å². The van der Waals surface area contributed by atoms with E-state index in [1.807, 2.05) is 6.92 Å². The largest absolute Gasteiger partial charge is 0.352 e. The van der Waals surface area contributed by atoms with Crippen molar-refractivity contribution in [3.05, 3.63) is 0 Å². The molecule has 3 N–H and O–H groups in total. The third-order valence-electron chi connectivity index (χ3n) is 6.04. The van der Waals surface area contributed by atoms with Crippen LogP contribution in [0, 0.1) is 22.2 Å². The van der Waals surface area contributed by atoms with Gasteiger partial charge in [0.15, 0.2) is 0 Å². The Hall–Kier alpha value is -0.570. The Bertz CT molecular complexity index is 401. The molecular weight excluding hydrogens is 248 g/mol. The molecule has 0 aliphatic heterocycles. The minimum atomic E-state index is 0.0996. The summed E-state index contributed by atoms with van der Waals surface area (Å²) in [6.45, 7) is 7.44. The molecule has 3 atom stereocenters. The minimum absolute atomic E-state index is 0.0996. The quantitative estimate of drug-likeness (QED) is 0.831. The van der Waals surface area contributed by atoms with Crippen LogP contribution in [-0.2, 0) is 4.79 Å². The molecular formula is C17H30N2O. The third-order valence-corrected chi connectivity index (χ3v) is 6.04. The van der Waals surface area contributed by atoms with Crippen LogP contribution < -0.4 is 11.1 Å². The average Bonchev–Trinajstić information content (AvgIpc) is 2.22. The van der Waals surface area contributed by atoms with E-state index in [1.54, 1.807) is 0 Å². The molecule has 0 radical (unpaired) electrons. The van der Waals surface area contributed by atoms with Crippen molar-refractivity contribution in [3.8, 4) is 0 Å². The van der Waals surface area contributed by atoms with Gasteiger partial charge in [-0.1, -0.05) is 13.8 Å². The first-order chi connectivity index (χ1) is 9.26. The molecule has 3 heteroatoms. The van der Waals surface area contributed by atoms with Crippen molar-refractivity contribution in [1.29, 1.82) is 0 Å². The van der Waals surface area contributed by atoms with Crippen LogP contribution in [0.3, 0.4) is 0 Å². The molecule has 20 heavy (non-hydrogen) atoms. The number of carbonyl (C=O) groups excluding carboxylic acids is 1. The molecule has 4 aliphatic rings. The molecule has 4 fully saturated rings.